The van der Waals surface area contributed by atoms with Crippen LogP contribution in [0.5, 0.6) is 5.75 Å². The Kier molecular flexibility index (Phi) is 9.33. The summed E-state index contributed by atoms with van der Waals surface area (Å²) in [5.74, 6) is -6.53. The number of ether oxygens (including phenoxy) is 1. The summed E-state index contributed by atoms with van der Waals surface area (Å²) in [4.78, 5) is 42.0. The van der Waals surface area contributed by atoms with Crippen LogP contribution in [0.15, 0.2) is 34.8 Å². The molecule has 0 radical (unpaired) electrons. The quantitative estimate of drug-likeness (QED) is 0.246. The van der Waals surface area contributed by atoms with E-state index in [1.165, 1.54) is 11.0 Å². The third-order valence-electron chi connectivity index (χ3n) is 7.76. The third-order valence-corrected chi connectivity index (χ3v) is 7.76. The molecule has 0 spiro atoms. The average molecular weight is 560 g/mol. The van der Waals surface area contributed by atoms with Gasteiger partial charge in [-0.05, 0) is 63.4 Å². The van der Waals surface area contributed by atoms with Gasteiger partial charge in [-0.25, -0.2) is 0 Å². The summed E-state index contributed by atoms with van der Waals surface area (Å²) >= 11 is 0. The Labute approximate surface area is 234 Å². The van der Waals surface area contributed by atoms with Gasteiger partial charge in [0.15, 0.2) is 11.4 Å². The first-order valence-corrected chi connectivity index (χ1v) is 13.5. The highest BCUT2D eigenvalue weighted by Gasteiger charge is 2.63. The molecular weight excluding hydrogens is 518 g/mol. The number of ketones is 2. The fourth-order valence-electron chi connectivity index (χ4n) is 6.04. The van der Waals surface area contributed by atoms with Gasteiger partial charge in [-0.3, -0.25) is 19.3 Å². The number of carbonyl (C=O) groups is 3. The number of carbonyl (C=O) groups excluding carboxylic acids is 3. The largest absolute Gasteiger partial charge is 0.510 e. The van der Waals surface area contributed by atoms with E-state index < -0.39 is 58.0 Å². The van der Waals surface area contributed by atoms with Crippen LogP contribution in [-0.4, -0.2) is 95.8 Å². The number of allylic oxidation sites excluding steroid dienone is 1. The number of aliphatic hydroxyl groups is 3. The number of hydrogen-bond donors (Lipinski definition) is 5. The molecule has 1 aromatic rings. The van der Waals surface area contributed by atoms with Gasteiger partial charge in [-0.2, -0.15) is 0 Å². The van der Waals surface area contributed by atoms with Crippen molar-refractivity contribution in [3.8, 4) is 5.75 Å². The summed E-state index contributed by atoms with van der Waals surface area (Å²) in [6, 6.07) is 2.06. The Morgan fingerprint density at radius 3 is 2.17 bits per heavy atom. The van der Waals surface area contributed by atoms with Gasteiger partial charge in [0, 0.05) is 44.5 Å². The predicted molar refractivity (Wildman–Crippen MR) is 149 cm³/mol. The number of nitrogens with two attached hydrogens (primary N) is 1. The maximum atomic E-state index is 13.5. The van der Waals surface area contributed by atoms with E-state index in [4.69, 9.17) is 10.5 Å². The monoisotopic (exact) mass is 559 g/mol. The second-order valence-corrected chi connectivity index (χ2v) is 10.9. The van der Waals surface area contributed by atoms with E-state index in [9.17, 15) is 34.8 Å². The molecule has 0 unspecified atom stereocenters. The molecule has 1 aromatic carbocycles. The SMILES string of the molecule is CCCOCCC.CN(C)c1ccc(O)c2c1C[C@H]1C[C@H]3[C@H](N(C)C)C(O)=C(C(N)=O)C(=O)[C@@]3(O)C(O)=C1C2=O. The van der Waals surface area contributed by atoms with E-state index in [1.807, 2.05) is 0 Å². The number of amides is 1. The number of rotatable bonds is 7. The molecule has 6 N–H and O–H groups in total. The van der Waals surface area contributed by atoms with E-state index >= 15 is 0 Å². The van der Waals surface area contributed by atoms with E-state index in [2.05, 4.69) is 13.8 Å². The molecule has 11 heteroatoms. The highest BCUT2D eigenvalue weighted by Crippen LogP contribution is 2.53. The van der Waals surface area contributed by atoms with Crippen LogP contribution in [-0.2, 0) is 20.7 Å². The fourth-order valence-corrected chi connectivity index (χ4v) is 6.04. The molecule has 0 fully saturated rings. The van der Waals surface area contributed by atoms with Crippen LogP contribution in [0.4, 0.5) is 5.69 Å². The van der Waals surface area contributed by atoms with Gasteiger partial charge in [0.2, 0.25) is 5.78 Å². The van der Waals surface area contributed by atoms with Crippen molar-refractivity contribution in [1.29, 1.82) is 0 Å². The van der Waals surface area contributed by atoms with E-state index in [-0.39, 0.29) is 29.7 Å². The summed E-state index contributed by atoms with van der Waals surface area (Å²) in [7, 11) is 6.79. The number of Topliss-reactive ketones (excluding diaryl/α,β-unsaturated/α-hetero) is 2. The number of aliphatic hydroxyl groups excluding tert-OH is 2. The second-order valence-electron chi connectivity index (χ2n) is 10.9. The first-order chi connectivity index (χ1) is 18.7. The summed E-state index contributed by atoms with van der Waals surface area (Å²) in [6.45, 7) is 6.09. The van der Waals surface area contributed by atoms with E-state index in [1.54, 1.807) is 39.2 Å². The lowest BCUT2D eigenvalue weighted by molar-refractivity contribution is -0.148. The van der Waals surface area contributed by atoms with Gasteiger partial charge >= 0.3 is 0 Å². The van der Waals surface area contributed by atoms with Crippen LogP contribution >= 0.6 is 0 Å². The number of phenols is 1. The number of aromatic hydroxyl groups is 1. The van der Waals surface area contributed by atoms with Crippen molar-refractivity contribution in [2.75, 3.05) is 46.3 Å². The lowest BCUT2D eigenvalue weighted by atomic mass is 9.58. The van der Waals surface area contributed by atoms with Crippen molar-refractivity contribution in [3.05, 3.63) is 45.9 Å². The predicted octanol–water partition coefficient (Wildman–Crippen LogP) is 2.01. The standard InChI is InChI=1S/C23H27N3O7.C6H14O/c1-25(2)12-5-6-13(27)15-10(12)7-9-8-11-17(26(3)4)19(29)16(22(24)32)21(31)23(11,33)20(30)14(9)18(15)28;1-3-5-7-6-4-2/h5-6,9,11,17,27,29-30,33H,7-8H2,1-4H3,(H2,24,32);3-6H2,1-2H3/t9-,11-,17-,23-;/m0./s1. The van der Waals surface area contributed by atoms with Gasteiger partial charge in [-0.1, -0.05) is 13.8 Å². The number of hydrogen-bond acceptors (Lipinski definition) is 10. The topological polar surface area (TPSA) is 174 Å². The molecule has 4 atom stereocenters. The Morgan fingerprint density at radius 2 is 1.68 bits per heavy atom. The highest BCUT2D eigenvalue weighted by atomic mass is 16.5. The van der Waals surface area contributed by atoms with Crippen LogP contribution in [0.1, 0.15) is 49.0 Å². The Hall–Kier alpha value is -3.41. The van der Waals surface area contributed by atoms with E-state index in [0.717, 1.165) is 31.7 Å². The van der Waals surface area contributed by atoms with Crippen molar-refractivity contribution in [3.63, 3.8) is 0 Å². The minimum Gasteiger partial charge on any atom is -0.510 e. The van der Waals surface area contributed by atoms with Crippen LogP contribution in [0.25, 0.3) is 0 Å². The Balaban J connectivity index is 0.000000559. The van der Waals surface area contributed by atoms with Crippen LogP contribution in [0.3, 0.4) is 0 Å². The number of likely N-dealkylation sites (N-methyl/N-ethyl adjacent to an activating group) is 1. The third kappa shape index (κ3) is 5.09. The molecule has 0 bridgehead atoms. The molecule has 0 saturated heterocycles. The van der Waals surface area contributed by atoms with Crippen LogP contribution < -0.4 is 10.6 Å². The molecule has 0 heterocycles. The number of fused-ring (bicyclic) bond motifs is 3. The normalized spacial score (nSPS) is 25.6. The Bertz CT molecular complexity index is 1250. The molecule has 4 rings (SSSR count). The first-order valence-electron chi connectivity index (χ1n) is 13.5. The zero-order chi connectivity index (χ0) is 30.1. The molecule has 0 saturated carbocycles. The summed E-state index contributed by atoms with van der Waals surface area (Å²) in [6.07, 6.45) is 2.60. The molecule has 11 nitrogen and oxygen atoms in total. The summed E-state index contributed by atoms with van der Waals surface area (Å²) in [5, 5.41) is 43.9. The van der Waals surface area contributed by atoms with Crippen molar-refractivity contribution >= 4 is 23.2 Å². The molecule has 1 amide bonds. The van der Waals surface area contributed by atoms with Crippen molar-refractivity contribution in [2.45, 2.75) is 51.2 Å². The first kappa shape index (κ1) is 31.1. The second kappa shape index (κ2) is 12.0. The van der Waals surface area contributed by atoms with Crippen LogP contribution in [0, 0.1) is 11.8 Å². The van der Waals surface area contributed by atoms with Gasteiger partial charge < -0.3 is 35.8 Å². The zero-order valence-electron chi connectivity index (χ0n) is 24.0. The smallest absolute Gasteiger partial charge is 0.255 e. The lowest BCUT2D eigenvalue weighted by Gasteiger charge is -2.50. The van der Waals surface area contributed by atoms with Crippen molar-refractivity contribution in [2.24, 2.45) is 17.6 Å². The molecule has 220 valence electrons. The number of nitrogens with zero attached hydrogens (tertiary/aromatic N) is 2. The molecule has 3 aliphatic rings. The molecule has 0 aromatic heterocycles. The minimum absolute atomic E-state index is 0.00184. The lowest BCUT2D eigenvalue weighted by Crippen LogP contribution is -2.63. The van der Waals surface area contributed by atoms with Gasteiger partial charge in [0.1, 0.15) is 22.8 Å². The van der Waals surface area contributed by atoms with Gasteiger partial charge in [0.25, 0.3) is 5.91 Å². The molecule has 40 heavy (non-hydrogen) atoms. The zero-order valence-corrected chi connectivity index (χ0v) is 24.0. The summed E-state index contributed by atoms with van der Waals surface area (Å²) < 4.78 is 5.13. The Morgan fingerprint density at radius 1 is 1.07 bits per heavy atom. The minimum atomic E-state index is -2.63. The maximum Gasteiger partial charge on any atom is 0.255 e. The number of anilines is 1. The average Bonchev–Trinajstić information content (AvgIpc) is 2.86. The van der Waals surface area contributed by atoms with Gasteiger partial charge in [0.05, 0.1) is 11.6 Å². The van der Waals surface area contributed by atoms with Crippen LogP contribution in [0.2, 0.25) is 0 Å². The van der Waals surface area contributed by atoms with E-state index in [0.29, 0.717) is 5.56 Å². The molecule has 0 aliphatic heterocycles. The van der Waals surface area contributed by atoms with Crippen molar-refractivity contribution < 1.29 is 39.5 Å². The maximum absolute atomic E-state index is 13.5. The van der Waals surface area contributed by atoms with Crippen molar-refractivity contribution in [1.82, 2.24) is 4.90 Å². The fraction of sp³-hybridized carbons (Fsp3) is 0.552. The van der Waals surface area contributed by atoms with Gasteiger partial charge in [-0.15, -0.1) is 0 Å². The highest BCUT2D eigenvalue weighted by molar-refractivity contribution is 6.24. The number of benzene rings is 1. The molecule has 3 aliphatic carbocycles. The summed E-state index contributed by atoms with van der Waals surface area (Å²) in [5.41, 5.74) is 3.02. The number of phenolic OH excluding ortho intramolecular Hbond substituents is 1. The molecular formula is C29H41N3O8. The number of primary amides is 1.